The number of primary amides is 1. The molecule has 0 saturated carbocycles. The lowest BCUT2D eigenvalue weighted by Gasteiger charge is -2.28. The van der Waals surface area contributed by atoms with Crippen molar-refractivity contribution in [2.45, 2.75) is 31.8 Å². The second-order valence-electron chi connectivity index (χ2n) is 4.79. The van der Waals surface area contributed by atoms with Crippen molar-refractivity contribution in [2.24, 2.45) is 11.5 Å². The van der Waals surface area contributed by atoms with Crippen LogP contribution in [-0.2, 0) is 11.3 Å². The first-order valence-corrected chi connectivity index (χ1v) is 6.45. The first-order chi connectivity index (χ1) is 9.08. The van der Waals surface area contributed by atoms with E-state index in [4.69, 9.17) is 11.5 Å². The normalized spacial score (nSPS) is 17.2. The monoisotopic (exact) mass is 265 g/mol. The number of nitrogens with two attached hydrogens (primary N) is 2. The van der Waals surface area contributed by atoms with Crippen molar-refractivity contribution in [3.05, 3.63) is 22.6 Å². The molecule has 1 amide bonds. The van der Waals surface area contributed by atoms with Gasteiger partial charge in [0.15, 0.2) is 0 Å². The lowest BCUT2D eigenvalue weighted by Crippen LogP contribution is -2.43. The third kappa shape index (κ3) is 3.31. The van der Waals surface area contributed by atoms with E-state index in [2.05, 4.69) is 10.00 Å². The first-order valence-electron chi connectivity index (χ1n) is 6.45. The number of nitrogens with zero attached hydrogens (tertiary/aromatic N) is 3. The number of carbonyl (C=O) groups excluding carboxylic acids is 1. The summed E-state index contributed by atoms with van der Waals surface area (Å²) in [7, 11) is 0. The molecule has 1 saturated heterocycles. The second kappa shape index (κ2) is 5.83. The fourth-order valence-corrected chi connectivity index (χ4v) is 2.16. The van der Waals surface area contributed by atoms with Gasteiger partial charge in [0, 0.05) is 19.2 Å². The number of rotatable bonds is 4. The maximum Gasteiger partial charge on any atom is 0.268 e. The van der Waals surface area contributed by atoms with E-state index < -0.39 is 11.9 Å². The molecule has 4 N–H and O–H groups in total. The Labute approximate surface area is 111 Å². The quantitative estimate of drug-likeness (QED) is 0.729. The van der Waals surface area contributed by atoms with Crippen LogP contribution in [0.4, 0.5) is 5.69 Å². The number of piperidine rings is 1. The maximum atomic E-state index is 11.9. The summed E-state index contributed by atoms with van der Waals surface area (Å²) in [6.07, 6.45) is 5.14. The lowest BCUT2D eigenvalue weighted by molar-refractivity contribution is -0.119. The zero-order valence-corrected chi connectivity index (χ0v) is 10.8. The molecule has 104 valence electrons. The Morgan fingerprint density at radius 1 is 1.37 bits per heavy atom. The molecule has 1 aliphatic heterocycles. The Morgan fingerprint density at radius 2 is 2.05 bits per heavy atom. The van der Waals surface area contributed by atoms with Crippen molar-refractivity contribution in [3.63, 3.8) is 0 Å². The summed E-state index contributed by atoms with van der Waals surface area (Å²) in [6.45, 7) is 1.91. The molecule has 7 nitrogen and oxygen atoms in total. The molecule has 1 atom stereocenters. The minimum atomic E-state index is -0.897. The topological polar surface area (TPSA) is 107 Å². The average Bonchev–Trinajstić information content (AvgIpc) is 2.41. The molecule has 0 spiro atoms. The van der Waals surface area contributed by atoms with E-state index in [9.17, 15) is 9.59 Å². The van der Waals surface area contributed by atoms with E-state index >= 15 is 0 Å². The zero-order chi connectivity index (χ0) is 13.8. The zero-order valence-electron chi connectivity index (χ0n) is 10.8. The smallest absolute Gasteiger partial charge is 0.268 e. The molecule has 0 aromatic carbocycles. The van der Waals surface area contributed by atoms with Gasteiger partial charge in [-0.05, 0) is 19.3 Å². The van der Waals surface area contributed by atoms with Gasteiger partial charge < -0.3 is 16.4 Å². The van der Waals surface area contributed by atoms with Gasteiger partial charge in [-0.15, -0.1) is 0 Å². The van der Waals surface area contributed by atoms with Crippen LogP contribution in [0.3, 0.4) is 0 Å². The van der Waals surface area contributed by atoms with Crippen LogP contribution < -0.4 is 21.9 Å². The number of hydrogen-bond donors (Lipinski definition) is 2. The Morgan fingerprint density at radius 3 is 2.63 bits per heavy atom. The molecular formula is C12H19N5O2. The van der Waals surface area contributed by atoms with Gasteiger partial charge >= 0.3 is 0 Å². The Balaban J connectivity index is 2.12. The standard InChI is InChI=1S/C12H19N5O2/c13-10(12(14)19)8-17-11(18)6-9(7-15-17)16-4-2-1-3-5-16/h6-7,10H,1-5,8,13H2,(H2,14,19). The average molecular weight is 265 g/mol. The highest BCUT2D eigenvalue weighted by atomic mass is 16.1. The fourth-order valence-electron chi connectivity index (χ4n) is 2.16. The molecule has 0 bridgehead atoms. The van der Waals surface area contributed by atoms with Gasteiger partial charge in [0.1, 0.15) is 6.04 Å². The van der Waals surface area contributed by atoms with Crippen molar-refractivity contribution < 1.29 is 4.79 Å². The molecule has 7 heteroatoms. The molecule has 2 heterocycles. The molecule has 19 heavy (non-hydrogen) atoms. The number of hydrogen-bond acceptors (Lipinski definition) is 5. The van der Waals surface area contributed by atoms with Gasteiger partial charge in [-0.3, -0.25) is 9.59 Å². The summed E-state index contributed by atoms with van der Waals surface area (Å²) < 4.78 is 1.17. The van der Waals surface area contributed by atoms with E-state index in [1.807, 2.05) is 0 Å². The maximum absolute atomic E-state index is 11.9. The van der Waals surface area contributed by atoms with Crippen molar-refractivity contribution in [1.82, 2.24) is 9.78 Å². The fraction of sp³-hybridized carbons (Fsp3) is 0.583. The van der Waals surface area contributed by atoms with Gasteiger partial charge in [-0.2, -0.15) is 5.10 Å². The molecule has 0 radical (unpaired) electrons. The summed E-state index contributed by atoms with van der Waals surface area (Å²) in [5.41, 5.74) is 11.1. The molecule has 1 aromatic heterocycles. The van der Waals surface area contributed by atoms with Gasteiger partial charge in [0.05, 0.1) is 18.4 Å². The minimum absolute atomic E-state index is 0.00838. The third-order valence-corrected chi connectivity index (χ3v) is 3.31. The molecule has 1 aliphatic rings. The summed E-state index contributed by atoms with van der Waals surface area (Å²) in [5.74, 6) is -0.645. The SMILES string of the molecule is NC(=O)C(N)Cn1ncc(N2CCCCC2)cc1=O. The Hall–Kier alpha value is -1.89. The van der Waals surface area contributed by atoms with Gasteiger partial charge in [-0.25, -0.2) is 4.68 Å². The van der Waals surface area contributed by atoms with E-state index in [0.717, 1.165) is 31.6 Å². The van der Waals surface area contributed by atoms with Gasteiger partial charge in [-0.1, -0.05) is 0 Å². The van der Waals surface area contributed by atoms with Crippen LogP contribution in [0.5, 0.6) is 0 Å². The van der Waals surface area contributed by atoms with Crippen molar-refractivity contribution in [2.75, 3.05) is 18.0 Å². The first kappa shape index (κ1) is 13.5. The van der Waals surface area contributed by atoms with E-state index in [0.29, 0.717) is 0 Å². The summed E-state index contributed by atoms with van der Waals surface area (Å²) in [6, 6.07) is 0.637. The van der Waals surface area contributed by atoms with Crippen LogP contribution in [0.1, 0.15) is 19.3 Å². The second-order valence-corrected chi connectivity index (χ2v) is 4.79. The van der Waals surface area contributed by atoms with E-state index in [1.54, 1.807) is 6.20 Å². The molecule has 0 aliphatic carbocycles. The summed E-state index contributed by atoms with van der Waals surface area (Å²) in [5, 5.41) is 4.05. The van der Waals surface area contributed by atoms with Crippen LogP contribution in [0, 0.1) is 0 Å². The minimum Gasteiger partial charge on any atom is -0.370 e. The predicted octanol–water partition coefficient (Wildman–Crippen LogP) is -0.954. The van der Waals surface area contributed by atoms with Crippen molar-refractivity contribution in [3.8, 4) is 0 Å². The highest BCUT2D eigenvalue weighted by molar-refractivity contribution is 5.79. The summed E-state index contributed by atoms with van der Waals surface area (Å²) in [4.78, 5) is 24.9. The van der Waals surface area contributed by atoms with Crippen molar-refractivity contribution in [1.29, 1.82) is 0 Å². The van der Waals surface area contributed by atoms with E-state index in [1.165, 1.54) is 17.2 Å². The summed E-state index contributed by atoms with van der Waals surface area (Å²) >= 11 is 0. The molecule has 1 aromatic rings. The molecule has 1 unspecified atom stereocenters. The largest absolute Gasteiger partial charge is 0.370 e. The third-order valence-electron chi connectivity index (χ3n) is 3.31. The van der Waals surface area contributed by atoms with Crippen LogP contribution in [-0.4, -0.2) is 34.8 Å². The predicted molar refractivity (Wildman–Crippen MR) is 71.7 cm³/mol. The molecular weight excluding hydrogens is 246 g/mol. The number of aromatic nitrogens is 2. The van der Waals surface area contributed by atoms with Gasteiger partial charge in [0.25, 0.3) is 5.56 Å². The van der Waals surface area contributed by atoms with Crippen LogP contribution in [0.2, 0.25) is 0 Å². The van der Waals surface area contributed by atoms with Crippen LogP contribution in [0.25, 0.3) is 0 Å². The highest BCUT2D eigenvalue weighted by Gasteiger charge is 2.14. The van der Waals surface area contributed by atoms with Crippen LogP contribution >= 0.6 is 0 Å². The van der Waals surface area contributed by atoms with Gasteiger partial charge in [0.2, 0.25) is 5.91 Å². The lowest BCUT2D eigenvalue weighted by atomic mass is 10.1. The molecule has 2 rings (SSSR count). The Bertz CT molecular complexity index is 507. The number of anilines is 1. The highest BCUT2D eigenvalue weighted by Crippen LogP contribution is 2.16. The van der Waals surface area contributed by atoms with E-state index in [-0.39, 0.29) is 12.1 Å². The van der Waals surface area contributed by atoms with Crippen LogP contribution in [0.15, 0.2) is 17.1 Å². The number of carbonyl (C=O) groups is 1. The number of amides is 1. The van der Waals surface area contributed by atoms with Crippen molar-refractivity contribution >= 4 is 11.6 Å². The Kier molecular flexibility index (Phi) is 4.16. The molecule has 1 fully saturated rings.